The van der Waals surface area contributed by atoms with Crippen LogP contribution in [0.25, 0.3) is 0 Å². The van der Waals surface area contributed by atoms with E-state index in [0.717, 1.165) is 23.4 Å². The van der Waals surface area contributed by atoms with Crippen LogP contribution in [0.4, 0.5) is 11.4 Å². The zero-order valence-corrected chi connectivity index (χ0v) is 14.5. The van der Waals surface area contributed by atoms with Gasteiger partial charge in [0.25, 0.3) is 5.91 Å². The highest BCUT2D eigenvalue weighted by atomic mass is 16.1. The molecule has 0 aromatic heterocycles. The van der Waals surface area contributed by atoms with E-state index in [1.54, 1.807) is 0 Å². The molecule has 0 radical (unpaired) electrons. The summed E-state index contributed by atoms with van der Waals surface area (Å²) >= 11 is 0. The minimum Gasteiger partial charge on any atom is -0.378 e. The SMILES string of the molecule is CN(C)c1ccc(N/C=C(/C#N)C(=O)NCCc2ccccc2)cc1. The zero-order chi connectivity index (χ0) is 18.1. The molecule has 5 nitrogen and oxygen atoms in total. The van der Waals surface area contributed by atoms with Crippen molar-refractivity contribution in [3.63, 3.8) is 0 Å². The van der Waals surface area contributed by atoms with Crippen LogP contribution < -0.4 is 15.5 Å². The van der Waals surface area contributed by atoms with Crippen LogP contribution >= 0.6 is 0 Å². The zero-order valence-electron chi connectivity index (χ0n) is 14.5. The Kier molecular flexibility index (Phi) is 6.61. The van der Waals surface area contributed by atoms with Crippen LogP contribution in [0.15, 0.2) is 66.4 Å². The van der Waals surface area contributed by atoms with E-state index in [4.69, 9.17) is 0 Å². The van der Waals surface area contributed by atoms with E-state index >= 15 is 0 Å². The summed E-state index contributed by atoms with van der Waals surface area (Å²) in [7, 11) is 3.94. The lowest BCUT2D eigenvalue weighted by Gasteiger charge is -2.12. The summed E-state index contributed by atoms with van der Waals surface area (Å²) in [6.07, 6.45) is 2.16. The summed E-state index contributed by atoms with van der Waals surface area (Å²) < 4.78 is 0. The Morgan fingerprint density at radius 1 is 1.12 bits per heavy atom. The van der Waals surface area contributed by atoms with Crippen molar-refractivity contribution < 1.29 is 4.79 Å². The Hall–Kier alpha value is -3.26. The molecule has 1 amide bonds. The van der Waals surface area contributed by atoms with E-state index in [1.807, 2.05) is 79.7 Å². The summed E-state index contributed by atoms with van der Waals surface area (Å²) in [5.74, 6) is -0.379. The van der Waals surface area contributed by atoms with Crippen LogP contribution in [0.3, 0.4) is 0 Å². The highest BCUT2D eigenvalue weighted by Crippen LogP contribution is 2.15. The van der Waals surface area contributed by atoms with Gasteiger partial charge < -0.3 is 15.5 Å². The van der Waals surface area contributed by atoms with Crippen molar-refractivity contribution in [1.82, 2.24) is 5.32 Å². The third-order valence-corrected chi connectivity index (χ3v) is 3.67. The topological polar surface area (TPSA) is 68.2 Å². The van der Waals surface area contributed by atoms with Gasteiger partial charge in [-0.25, -0.2) is 0 Å². The molecule has 5 heteroatoms. The van der Waals surface area contributed by atoms with Crippen molar-refractivity contribution in [2.45, 2.75) is 6.42 Å². The number of hydrogen-bond donors (Lipinski definition) is 2. The Morgan fingerprint density at radius 2 is 1.80 bits per heavy atom. The number of nitrogens with one attached hydrogen (secondary N) is 2. The lowest BCUT2D eigenvalue weighted by Crippen LogP contribution is -2.27. The molecule has 0 aliphatic rings. The fourth-order valence-electron chi connectivity index (χ4n) is 2.22. The first-order chi connectivity index (χ1) is 12.1. The minimum absolute atomic E-state index is 0.0461. The monoisotopic (exact) mass is 334 g/mol. The minimum atomic E-state index is -0.379. The molecule has 0 bridgehead atoms. The van der Waals surface area contributed by atoms with Crippen LogP contribution in [0.5, 0.6) is 0 Å². The van der Waals surface area contributed by atoms with Crippen molar-refractivity contribution in [2.75, 3.05) is 30.9 Å². The summed E-state index contributed by atoms with van der Waals surface area (Å²) in [4.78, 5) is 14.1. The van der Waals surface area contributed by atoms with Crippen molar-refractivity contribution in [1.29, 1.82) is 5.26 Å². The quantitative estimate of drug-likeness (QED) is 0.603. The first-order valence-corrected chi connectivity index (χ1v) is 8.06. The van der Waals surface area contributed by atoms with Gasteiger partial charge in [-0.3, -0.25) is 4.79 Å². The summed E-state index contributed by atoms with van der Waals surface area (Å²) in [5, 5.41) is 14.9. The average Bonchev–Trinajstić information content (AvgIpc) is 2.63. The Balaban J connectivity index is 1.88. The molecule has 2 rings (SSSR count). The molecule has 0 aliphatic carbocycles. The second-order valence-electron chi connectivity index (χ2n) is 5.75. The molecular weight excluding hydrogens is 312 g/mol. The fraction of sp³-hybridized carbons (Fsp3) is 0.200. The Bertz CT molecular complexity index is 759. The summed E-state index contributed by atoms with van der Waals surface area (Å²) in [6.45, 7) is 0.486. The van der Waals surface area contributed by atoms with Gasteiger partial charge in [-0.1, -0.05) is 30.3 Å². The average molecular weight is 334 g/mol. The van der Waals surface area contributed by atoms with Crippen molar-refractivity contribution >= 4 is 17.3 Å². The number of carbonyl (C=O) groups excluding carboxylic acids is 1. The molecule has 0 unspecified atom stereocenters. The molecule has 0 heterocycles. The van der Waals surface area contributed by atoms with Gasteiger partial charge in [-0.15, -0.1) is 0 Å². The molecule has 0 fully saturated rings. The van der Waals surface area contributed by atoms with Gasteiger partial charge in [-0.2, -0.15) is 5.26 Å². The molecule has 128 valence electrons. The highest BCUT2D eigenvalue weighted by molar-refractivity contribution is 5.97. The maximum absolute atomic E-state index is 12.1. The number of nitriles is 1. The van der Waals surface area contributed by atoms with Crippen molar-refractivity contribution in [3.8, 4) is 6.07 Å². The first-order valence-electron chi connectivity index (χ1n) is 8.06. The number of anilines is 2. The van der Waals surface area contributed by atoms with Crippen LogP contribution in [0.2, 0.25) is 0 Å². The molecule has 2 N–H and O–H groups in total. The number of hydrogen-bond acceptors (Lipinski definition) is 4. The van der Waals surface area contributed by atoms with Crippen LogP contribution in [0.1, 0.15) is 5.56 Å². The largest absolute Gasteiger partial charge is 0.378 e. The Morgan fingerprint density at radius 3 is 2.40 bits per heavy atom. The molecule has 0 saturated carbocycles. The molecule has 0 atom stereocenters. The van der Waals surface area contributed by atoms with Crippen LogP contribution in [-0.2, 0) is 11.2 Å². The molecule has 25 heavy (non-hydrogen) atoms. The normalized spacial score (nSPS) is 10.7. The van der Waals surface area contributed by atoms with E-state index in [-0.39, 0.29) is 11.5 Å². The molecule has 2 aromatic rings. The molecule has 2 aromatic carbocycles. The van der Waals surface area contributed by atoms with E-state index in [1.165, 1.54) is 6.20 Å². The van der Waals surface area contributed by atoms with Gasteiger partial charge in [0.05, 0.1) is 0 Å². The smallest absolute Gasteiger partial charge is 0.263 e. The fourth-order valence-corrected chi connectivity index (χ4v) is 2.22. The van der Waals surface area contributed by atoms with Crippen molar-refractivity contribution in [2.24, 2.45) is 0 Å². The second kappa shape index (κ2) is 9.14. The van der Waals surface area contributed by atoms with Gasteiger partial charge in [-0.05, 0) is 36.2 Å². The van der Waals surface area contributed by atoms with Gasteiger partial charge >= 0.3 is 0 Å². The predicted molar refractivity (Wildman–Crippen MR) is 101 cm³/mol. The van der Waals surface area contributed by atoms with E-state index in [9.17, 15) is 10.1 Å². The summed E-state index contributed by atoms with van der Waals surface area (Å²) in [5.41, 5.74) is 3.08. The van der Waals surface area contributed by atoms with E-state index in [2.05, 4.69) is 10.6 Å². The van der Waals surface area contributed by atoms with Crippen LogP contribution in [0, 0.1) is 11.3 Å². The highest BCUT2D eigenvalue weighted by Gasteiger charge is 2.08. The van der Waals surface area contributed by atoms with E-state index in [0.29, 0.717) is 6.54 Å². The lowest BCUT2D eigenvalue weighted by molar-refractivity contribution is -0.117. The predicted octanol–water partition coefficient (Wildman–Crippen LogP) is 2.93. The third-order valence-electron chi connectivity index (χ3n) is 3.67. The molecule has 0 aliphatic heterocycles. The standard InChI is InChI=1S/C20H22N4O/c1-24(2)19-10-8-18(9-11-19)23-15-17(14-21)20(25)22-13-12-16-6-4-3-5-7-16/h3-11,15,23H,12-13H2,1-2H3,(H,22,25)/b17-15-. The van der Waals surface area contributed by atoms with Crippen molar-refractivity contribution in [3.05, 3.63) is 71.9 Å². The third kappa shape index (κ3) is 5.70. The molecular formula is C20H22N4O. The molecule has 0 saturated heterocycles. The second-order valence-corrected chi connectivity index (χ2v) is 5.75. The summed E-state index contributed by atoms with van der Waals surface area (Å²) in [6, 6.07) is 19.5. The van der Waals surface area contributed by atoms with E-state index < -0.39 is 0 Å². The number of nitrogens with zero attached hydrogens (tertiary/aromatic N) is 2. The first kappa shape index (κ1) is 18.1. The van der Waals surface area contributed by atoms with Gasteiger partial charge in [0.15, 0.2) is 0 Å². The maximum atomic E-state index is 12.1. The van der Waals surface area contributed by atoms with Gasteiger partial charge in [0, 0.05) is 38.2 Å². The Labute approximate surface area is 148 Å². The number of carbonyl (C=O) groups is 1. The maximum Gasteiger partial charge on any atom is 0.263 e. The molecule has 0 spiro atoms. The van der Waals surface area contributed by atoms with Gasteiger partial charge in [0.2, 0.25) is 0 Å². The lowest BCUT2D eigenvalue weighted by atomic mass is 10.1. The van der Waals surface area contributed by atoms with Crippen LogP contribution in [-0.4, -0.2) is 26.5 Å². The number of rotatable bonds is 7. The number of amides is 1. The van der Waals surface area contributed by atoms with Gasteiger partial charge in [0.1, 0.15) is 11.6 Å². The number of benzene rings is 2.